The van der Waals surface area contributed by atoms with Crippen LogP contribution < -0.4 is 20.3 Å². The van der Waals surface area contributed by atoms with Crippen LogP contribution in [0, 0.1) is 6.92 Å². The lowest BCUT2D eigenvalue weighted by Gasteiger charge is -2.27. The highest BCUT2D eigenvalue weighted by Gasteiger charge is 2.37. The predicted molar refractivity (Wildman–Crippen MR) is 147 cm³/mol. The molecule has 194 valence electrons. The molecule has 5 amide bonds. The zero-order chi connectivity index (χ0) is 27.6. The van der Waals surface area contributed by atoms with Gasteiger partial charge in [0.2, 0.25) is 0 Å². The number of nitrogens with one attached hydrogen (secondary N) is 2. The molecule has 0 atom stereocenters. The van der Waals surface area contributed by atoms with E-state index in [0.29, 0.717) is 21.3 Å². The number of carbonyl (C=O) groups excluding carboxylic acids is 4. The number of ether oxygens (including phenoxy) is 1. The fraction of sp³-hybridized carbons (Fsp3) is 0.0769. The SMILES string of the molecule is Cc1ccc(Cl)cc1N1C(=O)NC(=O)/C(=C\c2cc(Cl)ccc2OCC(=O)Nc2ccc(Cl)c(Cl)c2)C1=O. The molecule has 1 aliphatic rings. The Kier molecular flexibility index (Phi) is 8.28. The molecule has 2 N–H and O–H groups in total. The topological polar surface area (TPSA) is 105 Å². The van der Waals surface area contributed by atoms with Crippen LogP contribution in [0.2, 0.25) is 20.1 Å². The predicted octanol–water partition coefficient (Wildman–Crippen LogP) is 6.29. The summed E-state index contributed by atoms with van der Waals surface area (Å²) in [6.45, 7) is 1.28. The average molecular weight is 593 g/mol. The third-order valence-corrected chi connectivity index (χ3v) is 6.56. The van der Waals surface area contributed by atoms with Crippen LogP contribution in [0.3, 0.4) is 0 Å². The molecule has 38 heavy (non-hydrogen) atoms. The van der Waals surface area contributed by atoms with Crippen molar-refractivity contribution >= 4 is 87.6 Å². The summed E-state index contributed by atoms with van der Waals surface area (Å²) < 4.78 is 5.64. The van der Waals surface area contributed by atoms with Gasteiger partial charge >= 0.3 is 6.03 Å². The van der Waals surface area contributed by atoms with Crippen LogP contribution in [-0.4, -0.2) is 30.4 Å². The Morgan fingerprint density at radius 3 is 2.39 bits per heavy atom. The van der Waals surface area contributed by atoms with E-state index < -0.39 is 30.4 Å². The lowest BCUT2D eigenvalue weighted by molar-refractivity contribution is -0.122. The Bertz CT molecular complexity index is 1520. The summed E-state index contributed by atoms with van der Waals surface area (Å²) in [4.78, 5) is 51.7. The number of aryl methyl sites for hydroxylation is 1. The fourth-order valence-corrected chi connectivity index (χ4v) is 4.18. The molecule has 3 aromatic rings. The number of anilines is 2. The molecule has 0 aromatic heterocycles. The molecule has 0 unspecified atom stereocenters. The van der Waals surface area contributed by atoms with Crippen molar-refractivity contribution in [3.63, 3.8) is 0 Å². The van der Waals surface area contributed by atoms with Crippen LogP contribution in [0.15, 0.2) is 60.2 Å². The molecule has 12 heteroatoms. The van der Waals surface area contributed by atoms with Gasteiger partial charge in [-0.3, -0.25) is 19.7 Å². The summed E-state index contributed by atoms with van der Waals surface area (Å²) in [6.07, 6.45) is 1.23. The number of hydrogen-bond donors (Lipinski definition) is 2. The molecule has 0 radical (unpaired) electrons. The Balaban J connectivity index is 1.59. The average Bonchev–Trinajstić information content (AvgIpc) is 2.85. The van der Waals surface area contributed by atoms with Gasteiger partial charge in [0.25, 0.3) is 17.7 Å². The van der Waals surface area contributed by atoms with Gasteiger partial charge in [0.05, 0.1) is 15.7 Å². The van der Waals surface area contributed by atoms with Crippen molar-refractivity contribution in [2.45, 2.75) is 6.92 Å². The van der Waals surface area contributed by atoms with E-state index in [4.69, 9.17) is 51.1 Å². The summed E-state index contributed by atoms with van der Waals surface area (Å²) in [7, 11) is 0. The summed E-state index contributed by atoms with van der Waals surface area (Å²) in [5, 5.41) is 5.98. The van der Waals surface area contributed by atoms with Gasteiger partial charge in [0, 0.05) is 21.3 Å². The third kappa shape index (κ3) is 6.11. The number of halogens is 4. The molecule has 1 saturated heterocycles. The summed E-state index contributed by atoms with van der Waals surface area (Å²) in [5.41, 5.74) is 1.11. The number of imide groups is 2. The minimum Gasteiger partial charge on any atom is -0.483 e. The van der Waals surface area contributed by atoms with Gasteiger partial charge < -0.3 is 10.1 Å². The molecule has 0 saturated carbocycles. The fourth-order valence-electron chi connectivity index (χ4n) is 3.53. The van der Waals surface area contributed by atoms with Crippen molar-refractivity contribution in [3.05, 3.63) is 91.4 Å². The number of nitrogens with zero attached hydrogens (tertiary/aromatic N) is 1. The van der Waals surface area contributed by atoms with Crippen LogP contribution in [0.4, 0.5) is 16.2 Å². The highest BCUT2D eigenvalue weighted by Crippen LogP contribution is 2.30. The first-order chi connectivity index (χ1) is 18.0. The van der Waals surface area contributed by atoms with Crippen LogP contribution in [0.5, 0.6) is 5.75 Å². The van der Waals surface area contributed by atoms with Crippen LogP contribution in [0.1, 0.15) is 11.1 Å². The Morgan fingerprint density at radius 2 is 1.66 bits per heavy atom. The second-order valence-electron chi connectivity index (χ2n) is 8.04. The number of amides is 5. The van der Waals surface area contributed by atoms with Crippen molar-refractivity contribution in [2.75, 3.05) is 16.8 Å². The molecule has 8 nitrogen and oxygen atoms in total. The monoisotopic (exact) mass is 591 g/mol. The van der Waals surface area contributed by atoms with Crippen molar-refractivity contribution in [1.29, 1.82) is 0 Å². The van der Waals surface area contributed by atoms with Gasteiger partial charge in [0.15, 0.2) is 6.61 Å². The van der Waals surface area contributed by atoms with E-state index in [1.807, 2.05) is 0 Å². The van der Waals surface area contributed by atoms with Crippen LogP contribution in [-0.2, 0) is 14.4 Å². The third-order valence-electron chi connectivity index (χ3n) is 5.35. The van der Waals surface area contributed by atoms with Crippen molar-refractivity contribution in [3.8, 4) is 5.75 Å². The first-order valence-corrected chi connectivity index (χ1v) is 12.4. The molecule has 0 aliphatic carbocycles. The molecule has 4 rings (SSSR count). The maximum absolute atomic E-state index is 13.3. The van der Waals surface area contributed by atoms with Crippen LogP contribution >= 0.6 is 46.4 Å². The van der Waals surface area contributed by atoms with E-state index in [-0.39, 0.29) is 32.6 Å². The Morgan fingerprint density at radius 1 is 0.947 bits per heavy atom. The van der Waals surface area contributed by atoms with Crippen LogP contribution in [0.25, 0.3) is 6.08 Å². The summed E-state index contributed by atoms with van der Waals surface area (Å²) in [6, 6.07) is 12.8. The second kappa shape index (κ2) is 11.4. The number of benzene rings is 3. The van der Waals surface area contributed by atoms with Gasteiger partial charge in [-0.15, -0.1) is 0 Å². The van der Waals surface area contributed by atoms with E-state index >= 15 is 0 Å². The quantitative estimate of drug-likeness (QED) is 0.258. The van der Waals surface area contributed by atoms with Crippen molar-refractivity contribution in [2.24, 2.45) is 0 Å². The zero-order valence-corrected chi connectivity index (χ0v) is 22.5. The van der Waals surface area contributed by atoms with E-state index in [0.717, 1.165) is 4.90 Å². The standard InChI is InChI=1S/C26H17Cl4N3O5/c1-13-2-3-16(28)10-21(13)33-25(36)18(24(35)32-26(33)37)9-14-8-15(27)4-7-22(14)38-12-23(34)31-17-5-6-19(29)20(30)11-17/h2-11H,12H2,1H3,(H,31,34)(H,32,35,37)/b18-9+. The number of rotatable bonds is 6. The molecule has 0 bridgehead atoms. The minimum atomic E-state index is -0.913. The minimum absolute atomic E-state index is 0.161. The van der Waals surface area contributed by atoms with E-state index in [2.05, 4.69) is 10.6 Å². The summed E-state index contributed by atoms with van der Waals surface area (Å²) >= 11 is 24.1. The maximum Gasteiger partial charge on any atom is 0.335 e. The molecule has 0 spiro atoms. The summed E-state index contributed by atoms with van der Waals surface area (Å²) in [5.74, 6) is -2.11. The highest BCUT2D eigenvalue weighted by atomic mass is 35.5. The van der Waals surface area contributed by atoms with Crippen molar-refractivity contribution in [1.82, 2.24) is 5.32 Å². The van der Waals surface area contributed by atoms with Gasteiger partial charge in [-0.25, -0.2) is 9.69 Å². The number of urea groups is 1. The Labute approximate surface area is 237 Å². The molecule has 1 aliphatic heterocycles. The number of hydrogen-bond acceptors (Lipinski definition) is 5. The lowest BCUT2D eigenvalue weighted by Crippen LogP contribution is -2.54. The normalized spacial score (nSPS) is 14.5. The molecule has 3 aromatic carbocycles. The first-order valence-electron chi connectivity index (χ1n) is 10.9. The number of barbiturate groups is 1. The highest BCUT2D eigenvalue weighted by molar-refractivity contribution is 6.42. The second-order valence-corrected chi connectivity index (χ2v) is 9.72. The van der Waals surface area contributed by atoms with E-state index in [1.54, 1.807) is 25.1 Å². The lowest BCUT2D eigenvalue weighted by atomic mass is 10.0. The Hall–Kier alpha value is -3.56. The molecular weight excluding hydrogens is 576 g/mol. The van der Waals surface area contributed by atoms with Gasteiger partial charge in [0.1, 0.15) is 11.3 Å². The zero-order valence-electron chi connectivity index (χ0n) is 19.5. The molecule has 1 heterocycles. The van der Waals surface area contributed by atoms with E-state index in [9.17, 15) is 19.2 Å². The first kappa shape index (κ1) is 27.5. The van der Waals surface area contributed by atoms with E-state index in [1.165, 1.54) is 42.5 Å². The maximum atomic E-state index is 13.3. The van der Waals surface area contributed by atoms with Gasteiger partial charge in [-0.2, -0.15) is 0 Å². The smallest absolute Gasteiger partial charge is 0.335 e. The van der Waals surface area contributed by atoms with Gasteiger partial charge in [-0.05, 0) is 67.1 Å². The number of carbonyl (C=O) groups is 4. The molecular formula is C26H17Cl4N3O5. The van der Waals surface area contributed by atoms with Crippen molar-refractivity contribution < 1.29 is 23.9 Å². The van der Waals surface area contributed by atoms with Gasteiger partial charge in [-0.1, -0.05) is 52.5 Å². The largest absolute Gasteiger partial charge is 0.483 e. The molecule has 1 fully saturated rings.